The van der Waals surface area contributed by atoms with Crippen LogP contribution in [-0.4, -0.2) is 67.7 Å². The summed E-state index contributed by atoms with van der Waals surface area (Å²) in [5.74, 6) is -0.668. The Morgan fingerprint density at radius 1 is 1.35 bits per heavy atom. The van der Waals surface area contributed by atoms with Gasteiger partial charge < -0.3 is 10.0 Å². The van der Waals surface area contributed by atoms with Gasteiger partial charge in [0.1, 0.15) is 0 Å². The molecule has 7 heteroatoms. The first kappa shape index (κ1) is 17.9. The molecule has 1 heterocycles. The Labute approximate surface area is 137 Å². The number of hydrogen-bond acceptors (Lipinski definition) is 4. The van der Waals surface area contributed by atoms with Gasteiger partial charge in [0, 0.05) is 33.1 Å². The van der Waals surface area contributed by atoms with Crippen LogP contribution in [0.5, 0.6) is 0 Å². The third kappa shape index (κ3) is 4.53. The zero-order valence-electron chi connectivity index (χ0n) is 13.8. The quantitative estimate of drug-likeness (QED) is 0.833. The molecule has 0 aromatic heterocycles. The highest BCUT2D eigenvalue weighted by Gasteiger charge is 2.37. The molecule has 0 spiro atoms. The second-order valence-electron chi connectivity index (χ2n) is 6.35. The summed E-state index contributed by atoms with van der Waals surface area (Å²) in [5.41, 5.74) is 2.01. The Balaban J connectivity index is 1.99. The number of carbonyl (C=O) groups is 1. The number of rotatable bonds is 5. The molecule has 1 aliphatic heterocycles. The van der Waals surface area contributed by atoms with Gasteiger partial charge in [0.25, 0.3) is 0 Å². The molecule has 0 bridgehead atoms. The van der Waals surface area contributed by atoms with Crippen molar-refractivity contribution in [2.45, 2.75) is 19.4 Å². The molecule has 1 aliphatic rings. The minimum absolute atomic E-state index is 0.0839. The highest BCUT2D eigenvalue weighted by Crippen LogP contribution is 2.21. The van der Waals surface area contributed by atoms with E-state index in [4.69, 9.17) is 0 Å². The van der Waals surface area contributed by atoms with Crippen LogP contribution >= 0.6 is 0 Å². The standard InChI is InChI=1S/C16H24N2O4S/c1-12-5-4-6-13(7-12)8-16(20)18-9-14(15(19)10-18)11-23(21,22)17(2)3/h4-7,14-15,19H,8-11H2,1-3H3/t14-,15-/m0/s1. The molecule has 0 radical (unpaired) electrons. The van der Waals surface area contributed by atoms with E-state index in [1.165, 1.54) is 14.1 Å². The number of nitrogens with zero attached hydrogens (tertiary/aromatic N) is 2. The van der Waals surface area contributed by atoms with Crippen LogP contribution in [0.15, 0.2) is 24.3 Å². The van der Waals surface area contributed by atoms with Crippen LogP contribution in [0.25, 0.3) is 0 Å². The Morgan fingerprint density at radius 3 is 2.65 bits per heavy atom. The maximum atomic E-state index is 12.4. The first-order valence-electron chi connectivity index (χ1n) is 7.60. The average Bonchev–Trinajstić information content (AvgIpc) is 2.79. The monoisotopic (exact) mass is 340 g/mol. The summed E-state index contributed by atoms with van der Waals surface area (Å²) in [5, 5.41) is 10.1. The first-order valence-corrected chi connectivity index (χ1v) is 9.21. The van der Waals surface area contributed by atoms with Crippen LogP contribution < -0.4 is 0 Å². The zero-order valence-corrected chi connectivity index (χ0v) is 14.6. The predicted octanol–water partition coefficient (Wildman–Crippen LogP) is 0.248. The summed E-state index contributed by atoms with van der Waals surface area (Å²) in [6, 6.07) is 7.72. The number of β-amino-alcohol motifs (C(OH)–C–C–N with tert-alkyl or cyclic N) is 1. The molecule has 0 unspecified atom stereocenters. The van der Waals surface area contributed by atoms with E-state index in [1.807, 2.05) is 31.2 Å². The van der Waals surface area contributed by atoms with E-state index >= 15 is 0 Å². The SMILES string of the molecule is Cc1cccc(CC(=O)N2C[C@@H](CS(=O)(=O)N(C)C)[C@@H](O)C2)c1. The van der Waals surface area contributed by atoms with Crippen molar-refractivity contribution in [3.63, 3.8) is 0 Å². The van der Waals surface area contributed by atoms with Gasteiger partial charge in [0.15, 0.2) is 0 Å². The second kappa shape index (κ2) is 6.98. The molecule has 1 N–H and O–H groups in total. The van der Waals surface area contributed by atoms with Gasteiger partial charge >= 0.3 is 0 Å². The van der Waals surface area contributed by atoms with E-state index in [9.17, 15) is 18.3 Å². The molecule has 1 aromatic rings. The van der Waals surface area contributed by atoms with E-state index in [-0.39, 0.29) is 31.2 Å². The van der Waals surface area contributed by atoms with Gasteiger partial charge in [-0.1, -0.05) is 29.8 Å². The fraction of sp³-hybridized carbons (Fsp3) is 0.562. The van der Waals surface area contributed by atoms with E-state index < -0.39 is 22.0 Å². The molecule has 0 saturated carbocycles. The van der Waals surface area contributed by atoms with Crippen LogP contribution in [0.4, 0.5) is 0 Å². The van der Waals surface area contributed by atoms with Crippen molar-refractivity contribution in [2.75, 3.05) is 32.9 Å². The van der Waals surface area contributed by atoms with Gasteiger partial charge in [-0.15, -0.1) is 0 Å². The molecular weight excluding hydrogens is 316 g/mol. The third-order valence-electron chi connectivity index (χ3n) is 4.18. The van der Waals surface area contributed by atoms with Crippen molar-refractivity contribution < 1.29 is 18.3 Å². The van der Waals surface area contributed by atoms with Crippen molar-refractivity contribution in [1.82, 2.24) is 9.21 Å². The van der Waals surface area contributed by atoms with Gasteiger partial charge in [0.2, 0.25) is 15.9 Å². The van der Waals surface area contributed by atoms with Gasteiger partial charge in [-0.2, -0.15) is 0 Å². The Bertz CT molecular complexity index is 672. The van der Waals surface area contributed by atoms with Crippen LogP contribution in [0.3, 0.4) is 0 Å². The normalized spacial score (nSPS) is 21.9. The van der Waals surface area contributed by atoms with E-state index in [0.29, 0.717) is 0 Å². The number of likely N-dealkylation sites (tertiary alicyclic amines) is 1. The highest BCUT2D eigenvalue weighted by molar-refractivity contribution is 7.89. The molecule has 1 saturated heterocycles. The van der Waals surface area contributed by atoms with Crippen molar-refractivity contribution in [3.05, 3.63) is 35.4 Å². The van der Waals surface area contributed by atoms with Gasteiger partial charge in [-0.25, -0.2) is 12.7 Å². The molecule has 1 aromatic carbocycles. The van der Waals surface area contributed by atoms with Crippen LogP contribution in [0, 0.1) is 12.8 Å². The Morgan fingerprint density at radius 2 is 2.04 bits per heavy atom. The van der Waals surface area contributed by atoms with Gasteiger partial charge in [-0.3, -0.25) is 4.79 Å². The molecular formula is C16H24N2O4S. The smallest absolute Gasteiger partial charge is 0.227 e. The second-order valence-corrected chi connectivity index (χ2v) is 8.58. The molecule has 2 rings (SSSR count). The summed E-state index contributed by atoms with van der Waals surface area (Å²) in [6.07, 6.45) is -0.534. The molecule has 1 fully saturated rings. The lowest BCUT2D eigenvalue weighted by atomic mass is 10.1. The van der Waals surface area contributed by atoms with Crippen molar-refractivity contribution in [2.24, 2.45) is 5.92 Å². The van der Waals surface area contributed by atoms with E-state index in [2.05, 4.69) is 0 Å². The fourth-order valence-corrected chi connectivity index (χ4v) is 3.92. The average molecular weight is 340 g/mol. The first-order chi connectivity index (χ1) is 10.7. The topological polar surface area (TPSA) is 77.9 Å². The number of benzene rings is 1. The largest absolute Gasteiger partial charge is 0.391 e. The van der Waals surface area contributed by atoms with Crippen LogP contribution in [0.2, 0.25) is 0 Å². The molecule has 1 amide bonds. The highest BCUT2D eigenvalue weighted by atomic mass is 32.2. The lowest BCUT2D eigenvalue weighted by Gasteiger charge is -2.18. The van der Waals surface area contributed by atoms with Gasteiger partial charge in [0.05, 0.1) is 18.3 Å². The number of amides is 1. The van der Waals surface area contributed by atoms with Crippen molar-refractivity contribution in [3.8, 4) is 0 Å². The summed E-state index contributed by atoms with van der Waals surface area (Å²) >= 11 is 0. The van der Waals surface area contributed by atoms with Crippen molar-refractivity contribution in [1.29, 1.82) is 0 Å². The van der Waals surface area contributed by atoms with Crippen LogP contribution in [0.1, 0.15) is 11.1 Å². The number of aliphatic hydroxyl groups is 1. The number of carbonyl (C=O) groups excluding carboxylic acids is 1. The zero-order chi connectivity index (χ0) is 17.2. The summed E-state index contributed by atoms with van der Waals surface area (Å²) in [7, 11) is -0.454. The lowest BCUT2D eigenvalue weighted by molar-refractivity contribution is -0.129. The summed E-state index contributed by atoms with van der Waals surface area (Å²) < 4.78 is 25.0. The number of aryl methyl sites for hydroxylation is 1. The maximum absolute atomic E-state index is 12.4. The van der Waals surface area contributed by atoms with Crippen LogP contribution in [-0.2, 0) is 21.2 Å². The maximum Gasteiger partial charge on any atom is 0.227 e. The van der Waals surface area contributed by atoms with Gasteiger partial charge in [-0.05, 0) is 12.5 Å². The third-order valence-corrected chi connectivity index (χ3v) is 6.14. The predicted molar refractivity (Wildman–Crippen MR) is 88.4 cm³/mol. The minimum atomic E-state index is -3.39. The number of aliphatic hydroxyl groups excluding tert-OH is 1. The summed E-state index contributed by atoms with van der Waals surface area (Å²) in [6.45, 7) is 2.44. The number of hydrogen-bond donors (Lipinski definition) is 1. The summed E-state index contributed by atoms with van der Waals surface area (Å²) in [4.78, 5) is 13.9. The van der Waals surface area contributed by atoms with E-state index in [1.54, 1.807) is 4.90 Å². The fourth-order valence-electron chi connectivity index (χ4n) is 2.75. The van der Waals surface area contributed by atoms with E-state index in [0.717, 1.165) is 15.4 Å². The molecule has 2 atom stereocenters. The molecule has 6 nitrogen and oxygen atoms in total. The molecule has 0 aliphatic carbocycles. The molecule has 128 valence electrons. The molecule has 23 heavy (non-hydrogen) atoms. The lowest BCUT2D eigenvalue weighted by Crippen LogP contribution is -2.34. The Hall–Kier alpha value is -1.44. The number of sulfonamides is 1. The minimum Gasteiger partial charge on any atom is -0.391 e. The Kier molecular flexibility index (Phi) is 5.44. The van der Waals surface area contributed by atoms with Crippen molar-refractivity contribution >= 4 is 15.9 Å².